The number of para-hydroxylation sites is 1. The van der Waals surface area contributed by atoms with Gasteiger partial charge in [0.1, 0.15) is 5.76 Å². The van der Waals surface area contributed by atoms with Crippen LogP contribution in [0.4, 0.5) is 5.69 Å². The number of benzene rings is 1. The summed E-state index contributed by atoms with van der Waals surface area (Å²) in [5.74, 6) is 0.510. The van der Waals surface area contributed by atoms with Crippen molar-refractivity contribution in [3.63, 3.8) is 0 Å². The average Bonchev–Trinajstić information content (AvgIpc) is 2.84. The summed E-state index contributed by atoms with van der Waals surface area (Å²) >= 11 is 6.00. The van der Waals surface area contributed by atoms with Crippen molar-refractivity contribution in [1.82, 2.24) is 5.16 Å². The number of nitrogens with zero attached hydrogens (tertiary/aromatic N) is 1. The number of aryl methyl sites for hydroxylation is 1. The maximum absolute atomic E-state index is 12.2. The van der Waals surface area contributed by atoms with Crippen molar-refractivity contribution in [3.8, 4) is 0 Å². The van der Waals surface area contributed by atoms with E-state index >= 15 is 0 Å². The van der Waals surface area contributed by atoms with Crippen LogP contribution in [0.1, 0.15) is 18.2 Å². The molecule has 2 aromatic rings. The fourth-order valence-electron chi connectivity index (χ4n) is 1.67. The van der Waals surface area contributed by atoms with Crippen molar-refractivity contribution >= 4 is 32.9 Å². The molecule has 7 heteroatoms. The summed E-state index contributed by atoms with van der Waals surface area (Å²) in [5.41, 5.74) is 1.39. The SMILES string of the molecule is C/C(=C(\Cl)S(=O)(=O)Nc1ccccc1)c1cnoc1C. The Hall–Kier alpha value is -1.79. The first-order valence-corrected chi connectivity index (χ1v) is 7.64. The molecule has 0 fully saturated rings. The monoisotopic (exact) mass is 312 g/mol. The van der Waals surface area contributed by atoms with Crippen molar-refractivity contribution in [2.75, 3.05) is 4.72 Å². The molecule has 0 unspecified atom stereocenters. The summed E-state index contributed by atoms with van der Waals surface area (Å²) in [6.45, 7) is 3.29. The molecule has 0 saturated carbocycles. The van der Waals surface area contributed by atoms with Crippen LogP contribution in [0.25, 0.3) is 5.57 Å². The van der Waals surface area contributed by atoms with Crippen LogP contribution in [-0.4, -0.2) is 13.6 Å². The average molecular weight is 313 g/mol. The molecule has 0 atom stereocenters. The third-order valence-corrected chi connectivity index (χ3v) is 4.89. The fraction of sp³-hybridized carbons (Fsp3) is 0.154. The van der Waals surface area contributed by atoms with Gasteiger partial charge in [0.05, 0.1) is 6.20 Å². The van der Waals surface area contributed by atoms with E-state index in [1.165, 1.54) is 6.20 Å². The van der Waals surface area contributed by atoms with Gasteiger partial charge in [0, 0.05) is 11.3 Å². The van der Waals surface area contributed by atoms with E-state index in [0.717, 1.165) is 0 Å². The summed E-state index contributed by atoms with van der Waals surface area (Å²) < 4.78 is 31.4. The molecular formula is C13H13ClN2O3S. The molecule has 0 radical (unpaired) electrons. The van der Waals surface area contributed by atoms with Crippen LogP contribution in [0.5, 0.6) is 0 Å². The zero-order valence-electron chi connectivity index (χ0n) is 10.9. The fourth-order valence-corrected chi connectivity index (χ4v) is 2.94. The summed E-state index contributed by atoms with van der Waals surface area (Å²) in [4.78, 5) is 0. The lowest BCUT2D eigenvalue weighted by Gasteiger charge is -2.09. The van der Waals surface area contributed by atoms with Crippen LogP contribution < -0.4 is 4.72 Å². The summed E-state index contributed by atoms with van der Waals surface area (Å²) in [5, 5.41) is 3.61. The van der Waals surface area contributed by atoms with Gasteiger partial charge in [0.25, 0.3) is 10.0 Å². The van der Waals surface area contributed by atoms with Gasteiger partial charge in [0.15, 0.2) is 4.36 Å². The molecule has 20 heavy (non-hydrogen) atoms. The molecule has 1 aromatic heterocycles. The minimum absolute atomic E-state index is 0.285. The highest BCUT2D eigenvalue weighted by molar-refractivity contribution is 7.98. The van der Waals surface area contributed by atoms with Crippen LogP contribution in [0, 0.1) is 6.92 Å². The van der Waals surface area contributed by atoms with Gasteiger partial charge in [-0.15, -0.1) is 0 Å². The van der Waals surface area contributed by atoms with Gasteiger partial charge in [0.2, 0.25) is 0 Å². The Morgan fingerprint density at radius 1 is 1.30 bits per heavy atom. The zero-order valence-corrected chi connectivity index (χ0v) is 12.5. The number of hydrogen-bond donors (Lipinski definition) is 1. The number of hydrogen-bond acceptors (Lipinski definition) is 4. The lowest BCUT2D eigenvalue weighted by molar-refractivity contribution is 0.397. The molecule has 2 rings (SSSR count). The molecule has 1 N–H and O–H groups in total. The van der Waals surface area contributed by atoms with E-state index in [4.69, 9.17) is 16.1 Å². The Kier molecular flexibility index (Phi) is 4.15. The van der Waals surface area contributed by atoms with Crippen molar-refractivity contribution in [2.24, 2.45) is 0 Å². The van der Waals surface area contributed by atoms with Crippen molar-refractivity contribution in [2.45, 2.75) is 13.8 Å². The highest BCUT2D eigenvalue weighted by Gasteiger charge is 2.21. The minimum atomic E-state index is -3.83. The number of allylic oxidation sites excluding steroid dienone is 1. The lowest BCUT2D eigenvalue weighted by atomic mass is 10.1. The number of sulfonamides is 1. The number of rotatable bonds is 4. The summed E-state index contributed by atoms with van der Waals surface area (Å²) in [6.07, 6.45) is 1.44. The van der Waals surface area contributed by atoms with E-state index in [0.29, 0.717) is 22.6 Å². The number of anilines is 1. The van der Waals surface area contributed by atoms with Crippen LogP contribution in [-0.2, 0) is 10.0 Å². The van der Waals surface area contributed by atoms with E-state index in [-0.39, 0.29) is 4.36 Å². The van der Waals surface area contributed by atoms with Gasteiger partial charge in [-0.3, -0.25) is 4.72 Å². The van der Waals surface area contributed by atoms with Crippen molar-refractivity contribution in [3.05, 3.63) is 52.2 Å². The van der Waals surface area contributed by atoms with Crippen LogP contribution in [0.15, 0.2) is 45.4 Å². The van der Waals surface area contributed by atoms with Gasteiger partial charge in [-0.25, -0.2) is 8.42 Å². The number of aromatic nitrogens is 1. The van der Waals surface area contributed by atoms with Gasteiger partial charge in [-0.1, -0.05) is 35.0 Å². The van der Waals surface area contributed by atoms with Gasteiger partial charge in [-0.05, 0) is 31.6 Å². The minimum Gasteiger partial charge on any atom is -0.361 e. The Labute approximate surface area is 122 Å². The molecule has 0 aliphatic heterocycles. The van der Waals surface area contributed by atoms with E-state index in [9.17, 15) is 8.42 Å². The van der Waals surface area contributed by atoms with Crippen LogP contribution >= 0.6 is 11.6 Å². The Morgan fingerprint density at radius 2 is 1.95 bits per heavy atom. The molecule has 0 spiro atoms. The topological polar surface area (TPSA) is 72.2 Å². The van der Waals surface area contributed by atoms with E-state index < -0.39 is 10.0 Å². The Morgan fingerprint density at radius 3 is 2.50 bits per heavy atom. The molecule has 0 amide bonds. The molecule has 5 nitrogen and oxygen atoms in total. The normalized spacial score (nSPS) is 12.9. The Balaban J connectivity index is 2.36. The predicted octanol–water partition coefficient (Wildman–Crippen LogP) is 3.35. The third-order valence-electron chi connectivity index (χ3n) is 2.71. The molecule has 0 saturated heterocycles. The predicted molar refractivity (Wildman–Crippen MR) is 78.7 cm³/mol. The molecule has 106 valence electrons. The molecule has 0 aliphatic carbocycles. The second kappa shape index (κ2) is 5.68. The van der Waals surface area contributed by atoms with E-state index in [2.05, 4.69) is 9.88 Å². The molecule has 0 aliphatic rings. The standard InChI is InChI=1S/C13H13ClN2O3S/c1-9(12-8-15-19-10(12)2)13(14)20(17,18)16-11-6-4-3-5-7-11/h3-8,16H,1-2H3/b13-9-. The van der Waals surface area contributed by atoms with E-state index in [1.807, 2.05) is 0 Å². The molecule has 0 bridgehead atoms. The second-order valence-electron chi connectivity index (χ2n) is 4.17. The largest absolute Gasteiger partial charge is 0.361 e. The first-order valence-electron chi connectivity index (χ1n) is 5.77. The Bertz CT molecular complexity index is 736. The number of nitrogens with one attached hydrogen (secondary N) is 1. The van der Waals surface area contributed by atoms with Gasteiger partial charge in [-0.2, -0.15) is 0 Å². The second-order valence-corrected chi connectivity index (χ2v) is 6.39. The van der Waals surface area contributed by atoms with E-state index in [1.54, 1.807) is 44.2 Å². The first kappa shape index (κ1) is 14.6. The van der Waals surface area contributed by atoms with Gasteiger partial charge >= 0.3 is 0 Å². The quantitative estimate of drug-likeness (QED) is 0.939. The summed E-state index contributed by atoms with van der Waals surface area (Å²) in [7, 11) is -3.83. The van der Waals surface area contributed by atoms with Crippen LogP contribution in [0.2, 0.25) is 0 Å². The van der Waals surface area contributed by atoms with Gasteiger partial charge < -0.3 is 4.52 Å². The lowest BCUT2D eigenvalue weighted by Crippen LogP contribution is -2.13. The molecule has 1 aromatic carbocycles. The van der Waals surface area contributed by atoms with Crippen LogP contribution in [0.3, 0.4) is 0 Å². The molecule has 1 heterocycles. The summed E-state index contributed by atoms with van der Waals surface area (Å²) in [6, 6.07) is 8.53. The van der Waals surface area contributed by atoms with Crippen molar-refractivity contribution < 1.29 is 12.9 Å². The molecular weight excluding hydrogens is 300 g/mol. The number of halogens is 1. The van der Waals surface area contributed by atoms with Crippen molar-refractivity contribution in [1.29, 1.82) is 0 Å². The highest BCUT2D eigenvalue weighted by Crippen LogP contribution is 2.28. The maximum Gasteiger partial charge on any atom is 0.273 e. The highest BCUT2D eigenvalue weighted by atomic mass is 35.5. The third kappa shape index (κ3) is 3.02. The zero-order chi connectivity index (χ0) is 14.8. The smallest absolute Gasteiger partial charge is 0.273 e. The first-order chi connectivity index (χ1) is 9.42. The maximum atomic E-state index is 12.2.